The molecule has 4 aliphatic rings. The molecule has 16 nitrogen and oxygen atoms in total. The summed E-state index contributed by atoms with van der Waals surface area (Å²) >= 11 is 0. The van der Waals surface area contributed by atoms with Crippen molar-refractivity contribution in [2.45, 2.75) is 24.4 Å². The van der Waals surface area contributed by atoms with Gasteiger partial charge in [-0.25, -0.2) is 19.2 Å². The first-order chi connectivity index (χ1) is 17.9. The fourth-order valence-electron chi connectivity index (χ4n) is 3.67. The van der Waals surface area contributed by atoms with E-state index in [1.807, 2.05) is 0 Å². The van der Waals surface area contributed by atoms with Gasteiger partial charge in [0.2, 0.25) is 0 Å². The molecule has 4 aliphatic heterocycles. The Balaban J connectivity index is 1.35. The van der Waals surface area contributed by atoms with Gasteiger partial charge in [0, 0.05) is 0 Å². The van der Waals surface area contributed by atoms with Crippen LogP contribution in [0, 0.1) is 5.41 Å². The van der Waals surface area contributed by atoms with Crippen molar-refractivity contribution in [3.05, 3.63) is 0 Å². The van der Waals surface area contributed by atoms with Crippen molar-refractivity contribution < 1.29 is 76.0 Å². The first-order valence-corrected chi connectivity index (χ1v) is 11.5. The zero-order valence-electron chi connectivity index (χ0n) is 19.8. The van der Waals surface area contributed by atoms with Gasteiger partial charge in [0.25, 0.3) is 0 Å². The highest BCUT2D eigenvalue weighted by molar-refractivity contribution is 5.62. The molecule has 208 valence electrons. The second kappa shape index (κ2) is 12.9. The van der Waals surface area contributed by atoms with Crippen LogP contribution in [0.2, 0.25) is 0 Å². The van der Waals surface area contributed by atoms with Gasteiger partial charge < -0.3 is 56.8 Å². The quantitative estimate of drug-likeness (QED) is 0.192. The van der Waals surface area contributed by atoms with E-state index in [0.717, 1.165) is 0 Å². The first kappa shape index (κ1) is 27.0. The molecule has 4 fully saturated rings. The van der Waals surface area contributed by atoms with E-state index in [-0.39, 0.29) is 79.3 Å². The smallest absolute Gasteiger partial charge is 0.430 e. The number of hydrogen-bond donors (Lipinski definition) is 0. The Kier molecular flexibility index (Phi) is 9.43. The highest BCUT2D eigenvalue weighted by Crippen LogP contribution is 2.23. The topological polar surface area (TPSA) is 179 Å². The third-order valence-electron chi connectivity index (χ3n) is 5.45. The van der Waals surface area contributed by atoms with Gasteiger partial charge >= 0.3 is 24.6 Å². The SMILES string of the molecule is O=C1OCC(COCC(COCC2COC(=O)O2)(COCC2COC(=O)O2)COCC2COC(=O)O2)O1. The van der Waals surface area contributed by atoms with Crippen molar-refractivity contribution in [1.82, 2.24) is 0 Å². The molecule has 0 bridgehead atoms. The summed E-state index contributed by atoms with van der Waals surface area (Å²) in [6, 6.07) is 0. The molecule has 0 aliphatic carbocycles. The molecule has 16 heteroatoms. The van der Waals surface area contributed by atoms with Gasteiger partial charge in [-0.3, -0.25) is 0 Å². The summed E-state index contributed by atoms with van der Waals surface area (Å²) in [5.41, 5.74) is -0.931. The Morgan fingerprint density at radius 2 is 0.730 bits per heavy atom. The molecule has 4 atom stereocenters. The van der Waals surface area contributed by atoms with Gasteiger partial charge in [-0.2, -0.15) is 0 Å². The molecule has 0 saturated carbocycles. The van der Waals surface area contributed by atoms with Crippen molar-refractivity contribution in [2.75, 3.05) is 79.3 Å². The maximum absolute atomic E-state index is 11.2. The number of carbonyl (C=O) groups is 4. The molecular formula is C21H28O16. The van der Waals surface area contributed by atoms with Crippen LogP contribution in [0.4, 0.5) is 19.2 Å². The Labute approximate surface area is 210 Å². The van der Waals surface area contributed by atoms with Crippen molar-refractivity contribution in [3.63, 3.8) is 0 Å². The van der Waals surface area contributed by atoms with E-state index in [2.05, 4.69) is 0 Å². The number of rotatable bonds is 16. The van der Waals surface area contributed by atoms with Gasteiger partial charge in [0.1, 0.15) is 26.4 Å². The van der Waals surface area contributed by atoms with Crippen LogP contribution in [-0.4, -0.2) is 128 Å². The summed E-state index contributed by atoms with van der Waals surface area (Å²) in [6.45, 7) is 0.540. The summed E-state index contributed by atoms with van der Waals surface area (Å²) in [5.74, 6) is 0. The molecule has 0 amide bonds. The summed E-state index contributed by atoms with van der Waals surface area (Å²) in [6.07, 6.45) is -5.40. The zero-order valence-corrected chi connectivity index (χ0v) is 19.8. The summed E-state index contributed by atoms with van der Waals surface area (Å²) in [7, 11) is 0. The maximum Gasteiger partial charge on any atom is 0.508 e. The maximum atomic E-state index is 11.2. The third kappa shape index (κ3) is 8.48. The normalized spacial score (nSPS) is 28.3. The van der Waals surface area contributed by atoms with E-state index >= 15 is 0 Å². The zero-order chi connectivity index (χ0) is 26.1. The molecule has 0 aromatic heterocycles. The molecule has 0 spiro atoms. The Morgan fingerprint density at radius 1 is 0.486 bits per heavy atom. The van der Waals surface area contributed by atoms with E-state index in [9.17, 15) is 19.2 Å². The van der Waals surface area contributed by atoms with E-state index < -0.39 is 54.5 Å². The summed E-state index contributed by atoms with van der Waals surface area (Å²) in [4.78, 5) is 44.7. The van der Waals surface area contributed by atoms with Crippen LogP contribution in [0.3, 0.4) is 0 Å². The van der Waals surface area contributed by atoms with E-state index in [1.165, 1.54) is 0 Å². The second-order valence-corrected chi connectivity index (χ2v) is 8.76. The third-order valence-corrected chi connectivity index (χ3v) is 5.45. The molecule has 4 saturated heterocycles. The minimum Gasteiger partial charge on any atom is -0.430 e. The molecule has 0 N–H and O–H groups in total. The molecule has 4 rings (SSSR count). The van der Waals surface area contributed by atoms with E-state index in [1.54, 1.807) is 0 Å². The first-order valence-electron chi connectivity index (χ1n) is 11.5. The minimum atomic E-state index is -0.931. The van der Waals surface area contributed by atoms with Gasteiger partial charge in [0.05, 0.1) is 58.3 Å². The van der Waals surface area contributed by atoms with Crippen LogP contribution in [0.25, 0.3) is 0 Å². The van der Waals surface area contributed by atoms with Crippen LogP contribution in [0.5, 0.6) is 0 Å². The van der Waals surface area contributed by atoms with Gasteiger partial charge in [-0.05, 0) is 0 Å². The van der Waals surface area contributed by atoms with Gasteiger partial charge in [0.15, 0.2) is 24.4 Å². The predicted octanol–water partition coefficient (Wildman–Crippen LogP) is 0.181. The fourth-order valence-corrected chi connectivity index (χ4v) is 3.67. The van der Waals surface area contributed by atoms with Crippen LogP contribution >= 0.6 is 0 Å². The van der Waals surface area contributed by atoms with Crippen LogP contribution in [0.1, 0.15) is 0 Å². The molecule has 4 heterocycles. The molecule has 0 aromatic carbocycles. The van der Waals surface area contributed by atoms with Crippen LogP contribution in [0.15, 0.2) is 0 Å². The van der Waals surface area contributed by atoms with Crippen LogP contribution in [-0.2, 0) is 56.8 Å². The lowest BCUT2D eigenvalue weighted by Gasteiger charge is -2.33. The Morgan fingerprint density at radius 3 is 0.919 bits per heavy atom. The molecule has 0 radical (unpaired) electrons. The van der Waals surface area contributed by atoms with Crippen molar-refractivity contribution in [2.24, 2.45) is 5.41 Å². The summed E-state index contributed by atoms with van der Waals surface area (Å²) < 4.78 is 62.3. The van der Waals surface area contributed by atoms with Crippen LogP contribution < -0.4 is 0 Å². The van der Waals surface area contributed by atoms with Gasteiger partial charge in [-0.15, -0.1) is 0 Å². The fraction of sp³-hybridized carbons (Fsp3) is 0.810. The van der Waals surface area contributed by atoms with Crippen molar-refractivity contribution in [1.29, 1.82) is 0 Å². The molecule has 0 aromatic rings. The standard InChI is InChI=1S/C21H28O16/c22-17-30-5-13(34-17)1-26-9-21(10-27-2-14-6-31-18(23)35-14,11-28-3-15-7-32-19(24)36-15)12-29-4-16-8-33-20(25)37-16/h13-16H,1-12H2. The van der Waals surface area contributed by atoms with E-state index in [0.29, 0.717) is 0 Å². The average Bonchev–Trinajstić information content (AvgIpc) is 3.65. The number of cyclic esters (lactones) is 8. The second-order valence-electron chi connectivity index (χ2n) is 8.76. The Bertz CT molecular complexity index is 683. The van der Waals surface area contributed by atoms with Crippen molar-refractivity contribution in [3.8, 4) is 0 Å². The Hall–Kier alpha value is -3.08. The highest BCUT2D eigenvalue weighted by Gasteiger charge is 2.37. The molecular weight excluding hydrogens is 508 g/mol. The largest absolute Gasteiger partial charge is 0.508 e. The minimum absolute atomic E-state index is 0.0317. The lowest BCUT2D eigenvalue weighted by atomic mass is 9.92. The monoisotopic (exact) mass is 536 g/mol. The predicted molar refractivity (Wildman–Crippen MR) is 111 cm³/mol. The molecule has 4 unspecified atom stereocenters. The average molecular weight is 536 g/mol. The molecule has 37 heavy (non-hydrogen) atoms. The van der Waals surface area contributed by atoms with Gasteiger partial charge in [-0.1, -0.05) is 0 Å². The lowest BCUT2D eigenvalue weighted by molar-refractivity contribution is -0.127. The van der Waals surface area contributed by atoms with E-state index in [4.69, 9.17) is 56.8 Å². The highest BCUT2D eigenvalue weighted by atomic mass is 16.8. The lowest BCUT2D eigenvalue weighted by Crippen LogP contribution is -2.44. The number of hydrogen-bond acceptors (Lipinski definition) is 16. The summed E-state index contributed by atoms with van der Waals surface area (Å²) in [5, 5.41) is 0. The number of carbonyl (C=O) groups excluding carboxylic acids is 4. The van der Waals surface area contributed by atoms with Crippen molar-refractivity contribution >= 4 is 24.6 Å². The number of ether oxygens (including phenoxy) is 12.